The molecule has 18 aromatic rings. The highest BCUT2D eigenvalue weighted by atomic mass is 28.3. The van der Waals surface area contributed by atoms with Gasteiger partial charge in [0.25, 0.3) is 0 Å². The van der Waals surface area contributed by atoms with E-state index in [2.05, 4.69) is 363 Å². The topological polar surface area (TPSA) is 32.8 Å². The standard InChI is InChI=1S/C92H60N2O2Si/c1-59-43-51-87-78(53-59)75-37-21-41-84(90(75)95-87)93(64-46-44-60-23-11-13-25-62(60)54-64)66-48-50-77-82(56-66)92(80-39-19-17-33-71(80)72-34-18-20-40-81(72)92)83-58-86(73-35-15-16-36-74(73)89(77)83)94(65-47-45-61-24-12-14-26-63(61)55-65)85-42-22-38-76-79-57-70(49-52-88(79)96-91(76)85)97(67-27-5-2-6-28-67,68-29-7-3-8-30-68)69-31-9-4-10-32-69/h2-58H,1H3. The lowest BCUT2D eigenvalue weighted by molar-refractivity contribution is 0.668. The first-order chi connectivity index (χ1) is 48.0. The summed E-state index contributed by atoms with van der Waals surface area (Å²) in [4.78, 5) is 4.94. The second kappa shape index (κ2) is 21.4. The number of hydrogen-bond acceptors (Lipinski definition) is 4. The van der Waals surface area contributed by atoms with Gasteiger partial charge >= 0.3 is 0 Å². The smallest absolute Gasteiger partial charge is 0.179 e. The fraction of sp³-hybridized carbons (Fsp3) is 0.0217. The molecule has 0 aliphatic heterocycles. The number of aryl methyl sites for hydroxylation is 1. The fourth-order valence-electron chi connectivity index (χ4n) is 17.1. The van der Waals surface area contributed by atoms with Crippen molar-refractivity contribution in [3.05, 3.63) is 374 Å². The lowest BCUT2D eigenvalue weighted by Gasteiger charge is -2.34. The Morgan fingerprint density at radius 2 is 0.732 bits per heavy atom. The van der Waals surface area contributed by atoms with Crippen LogP contribution in [0.15, 0.2) is 355 Å². The van der Waals surface area contributed by atoms with Gasteiger partial charge in [-0.2, -0.15) is 0 Å². The molecule has 0 radical (unpaired) electrons. The number of benzene rings is 16. The van der Waals surface area contributed by atoms with E-state index in [1.807, 2.05) is 0 Å². The lowest BCUT2D eigenvalue weighted by Crippen LogP contribution is -2.74. The highest BCUT2D eigenvalue weighted by Gasteiger charge is 2.53. The summed E-state index contributed by atoms with van der Waals surface area (Å²) in [5.41, 5.74) is 19.8. The Bertz CT molecular complexity index is 6110. The van der Waals surface area contributed by atoms with Gasteiger partial charge in [0.15, 0.2) is 19.2 Å². The Kier molecular flexibility index (Phi) is 12.2. The Labute approximate surface area is 562 Å². The number of hydrogen-bond donors (Lipinski definition) is 0. The van der Waals surface area contributed by atoms with Gasteiger partial charge in [-0.15, -0.1) is 0 Å². The van der Waals surface area contributed by atoms with E-state index in [9.17, 15) is 0 Å². The Balaban J connectivity index is 0.853. The molecule has 0 bridgehead atoms. The Morgan fingerprint density at radius 1 is 0.268 bits per heavy atom. The number of para-hydroxylation sites is 2. The van der Waals surface area contributed by atoms with Gasteiger partial charge < -0.3 is 18.6 Å². The van der Waals surface area contributed by atoms with E-state index in [-0.39, 0.29) is 0 Å². The maximum atomic E-state index is 7.47. The first-order valence-corrected chi connectivity index (χ1v) is 35.5. The molecule has 0 unspecified atom stereocenters. The van der Waals surface area contributed by atoms with E-state index in [4.69, 9.17) is 8.83 Å². The number of rotatable bonds is 10. The molecule has 4 nitrogen and oxygen atoms in total. The monoisotopic (exact) mass is 1250 g/mol. The molecule has 5 heteroatoms. The third-order valence-electron chi connectivity index (χ3n) is 21.2. The highest BCUT2D eigenvalue weighted by Crippen LogP contribution is 2.66. The Morgan fingerprint density at radius 3 is 1.33 bits per heavy atom. The number of furan rings is 2. The average Bonchev–Trinajstić information content (AvgIpc) is 1.50. The van der Waals surface area contributed by atoms with E-state index in [1.165, 1.54) is 87.0 Å². The highest BCUT2D eigenvalue weighted by molar-refractivity contribution is 7.20. The van der Waals surface area contributed by atoms with E-state index >= 15 is 0 Å². The molecule has 0 saturated carbocycles. The zero-order valence-electron chi connectivity index (χ0n) is 53.1. The minimum Gasteiger partial charge on any atom is -0.454 e. The summed E-state index contributed by atoms with van der Waals surface area (Å²) in [6.07, 6.45) is 0. The minimum absolute atomic E-state index is 0.770. The van der Waals surface area contributed by atoms with Crippen LogP contribution in [0.3, 0.4) is 0 Å². The van der Waals surface area contributed by atoms with Crippen molar-refractivity contribution in [2.24, 2.45) is 0 Å². The van der Waals surface area contributed by atoms with E-state index in [0.29, 0.717) is 0 Å². The fourth-order valence-corrected chi connectivity index (χ4v) is 21.9. The van der Waals surface area contributed by atoms with Gasteiger partial charge in [-0.05, 0) is 172 Å². The molecule has 0 fully saturated rings. The number of fused-ring (bicyclic) bond motifs is 20. The molecule has 20 rings (SSSR count). The normalized spacial score (nSPS) is 12.9. The summed E-state index contributed by atoms with van der Waals surface area (Å²) in [6, 6.07) is 129. The van der Waals surface area contributed by atoms with Crippen LogP contribution in [0.5, 0.6) is 0 Å². The van der Waals surface area contributed by atoms with Gasteiger partial charge in [-0.1, -0.05) is 279 Å². The third kappa shape index (κ3) is 8.04. The first kappa shape index (κ1) is 55.2. The third-order valence-corrected chi connectivity index (χ3v) is 26.0. The zero-order chi connectivity index (χ0) is 63.9. The quantitative estimate of drug-likeness (QED) is 0.101. The number of nitrogens with zero attached hydrogens (tertiary/aromatic N) is 2. The largest absolute Gasteiger partial charge is 0.454 e. The van der Waals surface area contributed by atoms with Crippen LogP contribution >= 0.6 is 0 Å². The van der Waals surface area contributed by atoms with Gasteiger partial charge in [-0.3, -0.25) is 0 Å². The summed E-state index contributed by atoms with van der Waals surface area (Å²) in [5.74, 6) is 0. The summed E-state index contributed by atoms with van der Waals surface area (Å²) in [5, 5.41) is 16.6. The molecule has 0 amide bonds. The van der Waals surface area contributed by atoms with E-state index in [1.54, 1.807) is 0 Å². The maximum absolute atomic E-state index is 7.47. The predicted octanol–water partition coefficient (Wildman–Crippen LogP) is 21.9. The van der Waals surface area contributed by atoms with Crippen molar-refractivity contribution in [3.63, 3.8) is 0 Å². The molecule has 97 heavy (non-hydrogen) atoms. The van der Waals surface area contributed by atoms with E-state index in [0.717, 1.165) is 94.2 Å². The maximum Gasteiger partial charge on any atom is 0.179 e. The molecular formula is C92H60N2O2Si. The van der Waals surface area contributed by atoms with Crippen LogP contribution in [0.4, 0.5) is 34.1 Å². The van der Waals surface area contributed by atoms with Gasteiger partial charge in [0, 0.05) is 44.0 Å². The Hall–Kier alpha value is -12.3. The van der Waals surface area contributed by atoms with Crippen LogP contribution in [0.25, 0.3) is 98.4 Å². The van der Waals surface area contributed by atoms with Crippen molar-refractivity contribution in [2.45, 2.75) is 12.3 Å². The molecular weight excluding hydrogens is 1190 g/mol. The van der Waals surface area contributed by atoms with E-state index < -0.39 is 13.5 Å². The molecule has 2 aliphatic carbocycles. The average molecular weight is 1250 g/mol. The van der Waals surface area contributed by atoms with Crippen molar-refractivity contribution >= 4 is 139 Å². The van der Waals surface area contributed by atoms with Crippen molar-refractivity contribution < 1.29 is 8.83 Å². The SMILES string of the molecule is Cc1ccc2oc3c(N(c4ccc5c(c4)C4(c6ccccc6-c6ccccc64)c4cc(N(c6ccc7ccccc7c6)c6cccc7c6oc6ccc([Si](c8ccccc8)(c8ccccc8)c8ccccc8)cc67)c6ccccc6c4-5)c4ccc5ccccc5c4)cccc3c2c1. The van der Waals surface area contributed by atoms with Gasteiger partial charge in [0.2, 0.25) is 0 Å². The molecule has 2 heterocycles. The molecule has 454 valence electrons. The van der Waals surface area contributed by atoms with Crippen LogP contribution in [0.1, 0.15) is 27.8 Å². The summed E-state index contributed by atoms with van der Waals surface area (Å²) in [7, 11) is -2.91. The van der Waals surface area contributed by atoms with Crippen molar-refractivity contribution in [3.8, 4) is 22.3 Å². The molecule has 0 atom stereocenters. The summed E-state index contributed by atoms with van der Waals surface area (Å²) in [6.45, 7) is 2.15. The summed E-state index contributed by atoms with van der Waals surface area (Å²) < 4.78 is 14.5. The minimum atomic E-state index is -2.91. The van der Waals surface area contributed by atoms with Crippen molar-refractivity contribution in [2.75, 3.05) is 9.80 Å². The molecule has 2 aromatic heterocycles. The van der Waals surface area contributed by atoms with Gasteiger partial charge in [-0.25, -0.2) is 0 Å². The molecule has 0 saturated heterocycles. The van der Waals surface area contributed by atoms with Crippen molar-refractivity contribution in [1.29, 1.82) is 0 Å². The van der Waals surface area contributed by atoms with Gasteiger partial charge in [0.05, 0.1) is 22.5 Å². The van der Waals surface area contributed by atoms with Crippen LogP contribution < -0.4 is 30.5 Å². The molecule has 16 aromatic carbocycles. The number of anilines is 6. The van der Waals surface area contributed by atoms with Crippen LogP contribution in [-0.2, 0) is 5.41 Å². The zero-order valence-corrected chi connectivity index (χ0v) is 54.1. The predicted molar refractivity (Wildman–Crippen MR) is 408 cm³/mol. The summed E-state index contributed by atoms with van der Waals surface area (Å²) >= 11 is 0. The second-order valence-corrected chi connectivity index (χ2v) is 30.0. The molecule has 2 aliphatic rings. The first-order valence-electron chi connectivity index (χ1n) is 33.5. The molecule has 0 N–H and O–H groups in total. The van der Waals surface area contributed by atoms with Crippen molar-refractivity contribution in [1.82, 2.24) is 0 Å². The van der Waals surface area contributed by atoms with Crippen LogP contribution in [-0.4, -0.2) is 8.07 Å². The second-order valence-electron chi connectivity index (χ2n) is 26.2. The van der Waals surface area contributed by atoms with Crippen LogP contribution in [0, 0.1) is 6.92 Å². The molecule has 1 spiro atoms. The lowest BCUT2D eigenvalue weighted by atomic mass is 9.70. The van der Waals surface area contributed by atoms with Crippen LogP contribution in [0.2, 0.25) is 0 Å². The van der Waals surface area contributed by atoms with Gasteiger partial charge in [0.1, 0.15) is 11.2 Å².